The Morgan fingerprint density at radius 1 is 0.974 bits per heavy atom. The molecular weight excluding hydrogens is 521 g/mol. The van der Waals surface area contributed by atoms with Crippen LogP contribution in [-0.2, 0) is 25.1 Å². The average molecular weight is 572 g/mol. The van der Waals surface area contributed by atoms with Gasteiger partial charge in [-0.25, -0.2) is 4.98 Å². The van der Waals surface area contributed by atoms with E-state index in [1.54, 1.807) is 11.5 Å². The minimum absolute atomic E-state index is 0.0114. The maximum Gasteiger partial charge on any atom is 0.353 e. The summed E-state index contributed by atoms with van der Waals surface area (Å²) in [6.07, 6.45) is 18.9. The summed E-state index contributed by atoms with van der Waals surface area (Å²) in [4.78, 5) is 32.4. The van der Waals surface area contributed by atoms with Gasteiger partial charge in [-0.1, -0.05) is 90.4 Å². The summed E-state index contributed by atoms with van der Waals surface area (Å²) in [6.45, 7) is 5.20. The first-order valence-corrected chi connectivity index (χ1v) is 16.4. The minimum atomic E-state index is -3.91. The SMILES string of the molecule is CCCCCCCCCCCCCCCCOCCOP(=O)(O)CO[C@H](C)Cn1cnc2c(=O)[nH]c(N)nc21. The maximum atomic E-state index is 12.3. The first-order chi connectivity index (χ1) is 18.8. The van der Waals surface area contributed by atoms with E-state index < -0.39 is 25.6 Å². The smallest absolute Gasteiger partial charge is 0.353 e. The Balaban J connectivity index is 1.43. The predicted molar refractivity (Wildman–Crippen MR) is 155 cm³/mol. The highest BCUT2D eigenvalue weighted by atomic mass is 31.2. The molecule has 1 unspecified atom stereocenters. The lowest BCUT2D eigenvalue weighted by Gasteiger charge is -2.17. The number of ether oxygens (including phenoxy) is 2. The largest absolute Gasteiger partial charge is 0.379 e. The number of nitrogens with one attached hydrogen (secondary N) is 1. The lowest BCUT2D eigenvalue weighted by atomic mass is 10.0. The van der Waals surface area contributed by atoms with Gasteiger partial charge in [0.2, 0.25) is 5.95 Å². The van der Waals surface area contributed by atoms with Crippen LogP contribution in [0.25, 0.3) is 11.2 Å². The van der Waals surface area contributed by atoms with Gasteiger partial charge in [-0.15, -0.1) is 0 Å². The Morgan fingerprint density at radius 3 is 2.18 bits per heavy atom. The Kier molecular flexibility index (Phi) is 16.6. The minimum Gasteiger partial charge on any atom is -0.379 e. The molecule has 224 valence electrons. The van der Waals surface area contributed by atoms with E-state index in [0.29, 0.717) is 12.3 Å². The maximum absolute atomic E-state index is 12.3. The van der Waals surface area contributed by atoms with Crippen molar-refractivity contribution in [3.63, 3.8) is 0 Å². The topological polar surface area (TPSA) is 155 Å². The number of aromatic nitrogens is 4. The molecule has 2 rings (SSSR count). The number of hydrogen-bond donors (Lipinski definition) is 3. The van der Waals surface area contributed by atoms with Crippen LogP contribution in [0.5, 0.6) is 0 Å². The lowest BCUT2D eigenvalue weighted by Crippen LogP contribution is -2.19. The van der Waals surface area contributed by atoms with Crippen LogP contribution in [-0.4, -0.2) is 56.7 Å². The first kappa shape index (κ1) is 33.4. The summed E-state index contributed by atoms with van der Waals surface area (Å²) in [5.41, 5.74) is 5.67. The molecule has 0 aliphatic carbocycles. The predicted octanol–water partition coefficient (Wildman–Crippen LogP) is 5.76. The van der Waals surface area contributed by atoms with Gasteiger partial charge in [0.05, 0.1) is 32.2 Å². The number of H-pyrrole nitrogens is 1. The van der Waals surface area contributed by atoms with E-state index in [9.17, 15) is 14.3 Å². The Hall–Kier alpha value is -1.78. The summed E-state index contributed by atoms with van der Waals surface area (Å²) < 4.78 is 30.0. The molecule has 2 atom stereocenters. The zero-order chi connectivity index (χ0) is 28.3. The number of hydrogen-bond acceptors (Lipinski definition) is 8. The zero-order valence-corrected chi connectivity index (χ0v) is 24.8. The number of anilines is 1. The Bertz CT molecular complexity index is 1030. The third kappa shape index (κ3) is 14.4. The van der Waals surface area contributed by atoms with Crippen molar-refractivity contribution in [1.29, 1.82) is 0 Å². The molecule has 0 fully saturated rings. The van der Waals surface area contributed by atoms with Crippen LogP contribution in [0.1, 0.15) is 104 Å². The van der Waals surface area contributed by atoms with E-state index in [0.717, 1.165) is 12.8 Å². The summed E-state index contributed by atoms with van der Waals surface area (Å²) >= 11 is 0. The summed E-state index contributed by atoms with van der Waals surface area (Å²) in [6, 6.07) is 0. The second-order valence-electron chi connectivity index (χ2n) is 10.3. The second-order valence-corrected chi connectivity index (χ2v) is 12.1. The standard InChI is InChI=1S/C27H50N5O6P/c1-3-4-5-6-7-8-9-10-11-12-13-14-15-16-17-36-18-19-38-39(34,35)22-37-23(2)20-32-21-29-24-25(32)30-27(28)31-26(24)33/h21,23H,3-20,22H2,1-2H3,(H,34,35)(H3,28,30,31,33)/t23-/m1/s1. The van der Waals surface area contributed by atoms with Crippen LogP contribution in [0.3, 0.4) is 0 Å². The number of fused-ring (bicyclic) bond motifs is 1. The van der Waals surface area contributed by atoms with Gasteiger partial charge in [0.25, 0.3) is 5.56 Å². The van der Waals surface area contributed by atoms with Crippen LogP contribution in [0, 0.1) is 0 Å². The normalized spacial score (nSPS) is 14.1. The highest BCUT2D eigenvalue weighted by Crippen LogP contribution is 2.41. The van der Waals surface area contributed by atoms with Gasteiger partial charge in [0, 0.05) is 6.61 Å². The van der Waals surface area contributed by atoms with Crippen molar-refractivity contribution in [2.45, 2.75) is 116 Å². The van der Waals surface area contributed by atoms with Gasteiger partial charge in [0.15, 0.2) is 11.2 Å². The fourth-order valence-electron chi connectivity index (χ4n) is 4.43. The van der Waals surface area contributed by atoms with Crippen molar-refractivity contribution in [3.05, 3.63) is 16.7 Å². The van der Waals surface area contributed by atoms with Gasteiger partial charge in [-0.2, -0.15) is 4.98 Å². The number of nitrogens with two attached hydrogens (primary N) is 1. The molecule has 12 heteroatoms. The van der Waals surface area contributed by atoms with Crippen molar-refractivity contribution < 1.29 is 23.5 Å². The van der Waals surface area contributed by atoms with E-state index in [1.807, 2.05) is 0 Å². The molecule has 11 nitrogen and oxygen atoms in total. The molecule has 0 amide bonds. The van der Waals surface area contributed by atoms with Crippen molar-refractivity contribution >= 4 is 24.7 Å². The van der Waals surface area contributed by atoms with Crippen LogP contribution >= 0.6 is 7.60 Å². The fourth-order valence-corrected chi connectivity index (χ4v) is 5.31. The molecule has 0 spiro atoms. The van der Waals surface area contributed by atoms with Gasteiger partial charge in [-0.3, -0.25) is 14.3 Å². The van der Waals surface area contributed by atoms with E-state index in [1.165, 1.54) is 83.4 Å². The summed E-state index contributed by atoms with van der Waals surface area (Å²) in [7, 11) is -3.91. The number of imidazole rings is 1. The zero-order valence-electron chi connectivity index (χ0n) is 23.9. The number of unbranched alkanes of at least 4 members (excludes halogenated alkanes) is 13. The summed E-state index contributed by atoms with van der Waals surface area (Å²) in [5.74, 6) is -0.0114. The third-order valence-corrected chi connectivity index (χ3v) is 7.69. The molecular formula is C27H50N5O6P. The molecule has 0 aliphatic heterocycles. The van der Waals surface area contributed by atoms with Crippen molar-refractivity contribution in [3.8, 4) is 0 Å². The van der Waals surface area contributed by atoms with E-state index in [-0.39, 0.29) is 31.2 Å². The van der Waals surface area contributed by atoms with E-state index in [2.05, 4.69) is 21.9 Å². The quantitative estimate of drug-likeness (QED) is 0.105. The second kappa shape index (κ2) is 19.3. The highest BCUT2D eigenvalue weighted by Gasteiger charge is 2.22. The Labute approximate surface area is 232 Å². The van der Waals surface area contributed by atoms with E-state index >= 15 is 0 Å². The molecule has 39 heavy (non-hydrogen) atoms. The number of rotatable bonds is 24. The molecule has 2 aromatic heterocycles. The molecule has 4 N–H and O–H groups in total. The van der Waals surface area contributed by atoms with Crippen molar-refractivity contribution in [1.82, 2.24) is 19.5 Å². The molecule has 0 bridgehead atoms. The molecule has 2 heterocycles. The van der Waals surface area contributed by atoms with Gasteiger partial charge in [0.1, 0.15) is 6.35 Å². The molecule has 0 saturated carbocycles. The highest BCUT2D eigenvalue weighted by molar-refractivity contribution is 7.52. The first-order valence-electron chi connectivity index (χ1n) is 14.7. The van der Waals surface area contributed by atoms with Crippen molar-refractivity contribution in [2.24, 2.45) is 0 Å². The van der Waals surface area contributed by atoms with Crippen LogP contribution in [0.2, 0.25) is 0 Å². The molecule has 2 aromatic rings. The lowest BCUT2D eigenvalue weighted by molar-refractivity contribution is 0.0610. The molecule has 0 aromatic carbocycles. The van der Waals surface area contributed by atoms with Crippen LogP contribution < -0.4 is 11.3 Å². The fraction of sp³-hybridized carbons (Fsp3) is 0.815. The van der Waals surface area contributed by atoms with Gasteiger partial charge < -0.3 is 29.2 Å². The third-order valence-electron chi connectivity index (χ3n) is 6.63. The van der Waals surface area contributed by atoms with Gasteiger partial charge >= 0.3 is 7.60 Å². The molecule has 0 saturated heterocycles. The summed E-state index contributed by atoms with van der Waals surface area (Å²) in [5, 5.41) is 0. The van der Waals surface area contributed by atoms with Crippen LogP contribution in [0.4, 0.5) is 5.95 Å². The van der Waals surface area contributed by atoms with Crippen molar-refractivity contribution in [2.75, 3.05) is 31.9 Å². The monoisotopic (exact) mass is 571 g/mol. The number of nitrogen functional groups attached to an aromatic ring is 1. The van der Waals surface area contributed by atoms with Gasteiger partial charge in [-0.05, 0) is 13.3 Å². The average Bonchev–Trinajstić information content (AvgIpc) is 3.29. The van der Waals surface area contributed by atoms with Crippen LogP contribution in [0.15, 0.2) is 11.1 Å². The molecule has 0 radical (unpaired) electrons. The number of nitrogens with zero attached hydrogens (tertiary/aromatic N) is 3. The Morgan fingerprint density at radius 2 is 1.56 bits per heavy atom. The molecule has 0 aliphatic rings. The van der Waals surface area contributed by atoms with E-state index in [4.69, 9.17) is 19.7 Å². The number of aromatic amines is 1.